The van der Waals surface area contributed by atoms with Crippen LogP contribution in [0.3, 0.4) is 0 Å². The Hall–Kier alpha value is -1.79. The number of alkyl halides is 3. The quantitative estimate of drug-likeness (QED) is 0.378. The minimum Gasteiger partial charge on any atom is -0.357 e. The second kappa shape index (κ2) is 9.81. The molecule has 0 amide bonds. The number of aromatic nitrogens is 4. The molecule has 2 atom stereocenters. The van der Waals surface area contributed by atoms with Gasteiger partial charge in [0, 0.05) is 50.8 Å². The zero-order chi connectivity index (χ0) is 20.3. The van der Waals surface area contributed by atoms with E-state index in [1.54, 1.807) is 12.5 Å². The molecule has 7 nitrogen and oxygen atoms in total. The summed E-state index contributed by atoms with van der Waals surface area (Å²) in [5.74, 6) is 1.10. The molecule has 3 heterocycles. The van der Waals surface area contributed by atoms with Crippen molar-refractivity contribution in [3.05, 3.63) is 36.2 Å². The molecule has 11 heteroatoms. The lowest BCUT2D eigenvalue weighted by Gasteiger charge is -2.39. The number of halogens is 4. The standard InChI is InChI=1S/C18H26F3N7.HI/c1-4-23-17(24-9-14-10-26(3)25-16(14)18(19,20)21)27-7-5-13(2)15(11-27)28-8-6-22-12-28;/h6,8,10,12-13,15H,4-5,7,9,11H2,1-3H3,(H,23,24);1H. The van der Waals surface area contributed by atoms with Gasteiger partial charge >= 0.3 is 6.18 Å². The van der Waals surface area contributed by atoms with E-state index in [0.29, 0.717) is 18.4 Å². The topological polar surface area (TPSA) is 63.3 Å². The van der Waals surface area contributed by atoms with Crippen molar-refractivity contribution in [1.82, 2.24) is 29.5 Å². The summed E-state index contributed by atoms with van der Waals surface area (Å²) in [6, 6.07) is 0.240. The fourth-order valence-corrected chi connectivity index (χ4v) is 3.57. The van der Waals surface area contributed by atoms with Gasteiger partial charge in [-0.2, -0.15) is 18.3 Å². The highest BCUT2D eigenvalue weighted by atomic mass is 127. The van der Waals surface area contributed by atoms with Gasteiger partial charge in [-0.3, -0.25) is 4.68 Å². The van der Waals surface area contributed by atoms with Crippen LogP contribution >= 0.6 is 24.0 Å². The summed E-state index contributed by atoms with van der Waals surface area (Å²) in [5.41, 5.74) is -0.805. The molecule has 3 rings (SSSR count). The molecule has 0 bridgehead atoms. The van der Waals surface area contributed by atoms with Crippen LogP contribution in [0.5, 0.6) is 0 Å². The van der Waals surface area contributed by atoms with Crippen LogP contribution in [0.2, 0.25) is 0 Å². The van der Waals surface area contributed by atoms with Gasteiger partial charge in [0.1, 0.15) is 0 Å². The molecular weight excluding hydrogens is 498 g/mol. The van der Waals surface area contributed by atoms with Crippen LogP contribution in [0.25, 0.3) is 0 Å². The molecule has 1 N–H and O–H groups in total. The predicted molar refractivity (Wildman–Crippen MR) is 115 cm³/mol. The zero-order valence-corrected chi connectivity index (χ0v) is 19.1. The van der Waals surface area contributed by atoms with Gasteiger partial charge in [0.05, 0.1) is 18.9 Å². The number of rotatable bonds is 4. The highest BCUT2D eigenvalue weighted by Gasteiger charge is 2.37. The van der Waals surface area contributed by atoms with Crippen LogP contribution < -0.4 is 5.32 Å². The number of aliphatic imine (C=N–C) groups is 1. The SMILES string of the molecule is CCNC(=NCc1cn(C)nc1C(F)(F)F)N1CCC(C)C(n2ccnc2)C1.I. The Labute approximate surface area is 185 Å². The van der Waals surface area contributed by atoms with Crippen LogP contribution in [0, 0.1) is 5.92 Å². The molecule has 1 saturated heterocycles. The first-order valence-electron chi connectivity index (χ1n) is 9.40. The van der Waals surface area contributed by atoms with Crippen LogP contribution in [0.4, 0.5) is 13.2 Å². The molecule has 1 aliphatic heterocycles. The molecule has 2 aromatic heterocycles. The third-order valence-corrected chi connectivity index (χ3v) is 5.03. The Kier molecular flexibility index (Phi) is 7.94. The number of imidazole rings is 1. The molecule has 0 radical (unpaired) electrons. The fraction of sp³-hybridized carbons (Fsp3) is 0.611. The van der Waals surface area contributed by atoms with Crippen LogP contribution in [-0.4, -0.2) is 49.8 Å². The second-order valence-electron chi connectivity index (χ2n) is 7.13. The zero-order valence-electron chi connectivity index (χ0n) is 16.7. The van der Waals surface area contributed by atoms with Crippen LogP contribution in [0.15, 0.2) is 29.9 Å². The van der Waals surface area contributed by atoms with Crippen molar-refractivity contribution < 1.29 is 13.2 Å². The van der Waals surface area contributed by atoms with E-state index in [1.165, 1.54) is 17.9 Å². The molecular formula is C18H27F3IN7. The van der Waals surface area contributed by atoms with E-state index < -0.39 is 11.9 Å². The summed E-state index contributed by atoms with van der Waals surface area (Å²) in [7, 11) is 1.48. The minimum absolute atomic E-state index is 0. The monoisotopic (exact) mass is 525 g/mol. The smallest absolute Gasteiger partial charge is 0.357 e. The molecule has 2 aromatic rings. The normalized spacial score (nSPS) is 20.5. The first-order chi connectivity index (χ1) is 13.3. The molecule has 0 aromatic carbocycles. The lowest BCUT2D eigenvalue weighted by Crippen LogP contribution is -2.49. The number of likely N-dealkylation sites (tertiary alicyclic amines) is 1. The average molecular weight is 525 g/mol. The molecule has 2 unspecified atom stereocenters. The minimum atomic E-state index is -4.49. The summed E-state index contributed by atoms with van der Waals surface area (Å²) in [5, 5.41) is 6.76. The maximum atomic E-state index is 13.2. The van der Waals surface area contributed by atoms with Crippen molar-refractivity contribution in [2.24, 2.45) is 18.0 Å². The Morgan fingerprint density at radius 1 is 1.38 bits per heavy atom. The Morgan fingerprint density at radius 2 is 2.14 bits per heavy atom. The Bertz CT molecular complexity index is 801. The molecule has 0 aliphatic carbocycles. The highest BCUT2D eigenvalue weighted by Crippen LogP contribution is 2.31. The largest absolute Gasteiger partial charge is 0.435 e. The van der Waals surface area contributed by atoms with E-state index in [4.69, 9.17) is 0 Å². The summed E-state index contributed by atoms with van der Waals surface area (Å²) >= 11 is 0. The van der Waals surface area contributed by atoms with Gasteiger partial charge in [-0.25, -0.2) is 9.98 Å². The Morgan fingerprint density at radius 3 is 2.76 bits per heavy atom. The van der Waals surface area contributed by atoms with E-state index in [0.717, 1.165) is 19.5 Å². The molecule has 1 fully saturated rings. The van der Waals surface area contributed by atoms with Gasteiger partial charge in [-0.15, -0.1) is 24.0 Å². The number of hydrogen-bond acceptors (Lipinski definition) is 3. The number of nitrogens with zero attached hydrogens (tertiary/aromatic N) is 6. The van der Waals surface area contributed by atoms with Crippen molar-refractivity contribution in [3.8, 4) is 0 Å². The lowest BCUT2D eigenvalue weighted by atomic mass is 9.93. The van der Waals surface area contributed by atoms with Gasteiger partial charge in [-0.1, -0.05) is 6.92 Å². The van der Waals surface area contributed by atoms with Gasteiger partial charge < -0.3 is 14.8 Å². The average Bonchev–Trinajstić information content (AvgIpc) is 3.28. The maximum absolute atomic E-state index is 13.2. The molecule has 0 saturated carbocycles. The predicted octanol–water partition coefficient (Wildman–Crippen LogP) is 3.30. The van der Waals surface area contributed by atoms with E-state index in [2.05, 4.69) is 36.8 Å². The number of aryl methyl sites for hydroxylation is 1. The fourth-order valence-electron chi connectivity index (χ4n) is 3.57. The van der Waals surface area contributed by atoms with E-state index >= 15 is 0 Å². The molecule has 29 heavy (non-hydrogen) atoms. The van der Waals surface area contributed by atoms with Gasteiger partial charge in [0.25, 0.3) is 0 Å². The third kappa shape index (κ3) is 5.64. The van der Waals surface area contributed by atoms with E-state index in [9.17, 15) is 13.2 Å². The molecule has 162 valence electrons. The third-order valence-electron chi connectivity index (χ3n) is 5.03. The number of hydrogen-bond donors (Lipinski definition) is 1. The van der Waals surface area contributed by atoms with Gasteiger partial charge in [0.15, 0.2) is 11.7 Å². The Balaban J connectivity index is 0.00000300. The van der Waals surface area contributed by atoms with Crippen molar-refractivity contribution in [2.45, 2.75) is 39.0 Å². The van der Waals surface area contributed by atoms with Gasteiger partial charge in [-0.05, 0) is 19.3 Å². The molecule has 1 aliphatic rings. The number of piperidine rings is 1. The number of guanidine groups is 1. The summed E-state index contributed by atoms with van der Waals surface area (Å²) in [4.78, 5) is 10.7. The first kappa shape index (κ1) is 23.5. The van der Waals surface area contributed by atoms with Crippen molar-refractivity contribution in [1.29, 1.82) is 0 Å². The van der Waals surface area contributed by atoms with E-state index in [-0.39, 0.29) is 42.1 Å². The summed E-state index contributed by atoms with van der Waals surface area (Å²) in [6.07, 6.45) is 3.36. The van der Waals surface area contributed by atoms with Crippen molar-refractivity contribution >= 4 is 29.9 Å². The second-order valence-corrected chi connectivity index (χ2v) is 7.13. The van der Waals surface area contributed by atoms with Crippen molar-refractivity contribution in [2.75, 3.05) is 19.6 Å². The van der Waals surface area contributed by atoms with Gasteiger partial charge in [0.2, 0.25) is 0 Å². The summed E-state index contributed by atoms with van der Waals surface area (Å²) < 4.78 is 42.8. The first-order valence-corrected chi connectivity index (χ1v) is 9.40. The van der Waals surface area contributed by atoms with Crippen LogP contribution in [-0.2, 0) is 19.8 Å². The molecule has 0 spiro atoms. The lowest BCUT2D eigenvalue weighted by molar-refractivity contribution is -0.142. The number of nitrogens with one attached hydrogen (secondary N) is 1. The van der Waals surface area contributed by atoms with Crippen LogP contribution in [0.1, 0.15) is 37.6 Å². The van der Waals surface area contributed by atoms with E-state index in [1.807, 2.05) is 13.1 Å². The maximum Gasteiger partial charge on any atom is 0.435 e. The van der Waals surface area contributed by atoms with Crippen molar-refractivity contribution in [3.63, 3.8) is 0 Å². The highest BCUT2D eigenvalue weighted by molar-refractivity contribution is 14.0. The summed E-state index contributed by atoms with van der Waals surface area (Å²) in [6.45, 7) is 6.24.